The van der Waals surface area contributed by atoms with Crippen LogP contribution in [0.15, 0.2) is 153 Å². The fourth-order valence-corrected chi connectivity index (χ4v) is 39.5. The van der Waals surface area contributed by atoms with Crippen molar-refractivity contribution in [1.82, 2.24) is 0 Å². The first-order chi connectivity index (χ1) is 35.4. The summed E-state index contributed by atoms with van der Waals surface area (Å²) >= 11 is -3.58. The third kappa shape index (κ3) is 8.56. The van der Waals surface area contributed by atoms with Crippen LogP contribution in [0, 0.1) is 58.2 Å². The van der Waals surface area contributed by atoms with Gasteiger partial charge in [-0.25, -0.2) is 0 Å². The first-order valence-corrected chi connectivity index (χ1v) is 33.2. The van der Waals surface area contributed by atoms with Gasteiger partial charge in [-0.3, -0.25) is 0 Å². The zero-order valence-electron chi connectivity index (χ0n) is 41.6. The molecule has 0 radical (unpaired) electrons. The molecule has 0 aromatic heterocycles. The van der Waals surface area contributed by atoms with Crippen molar-refractivity contribution in [2.45, 2.75) is 64.6 Å². The van der Waals surface area contributed by atoms with Crippen molar-refractivity contribution in [3.8, 4) is 33.4 Å². The van der Waals surface area contributed by atoms with Crippen LogP contribution < -0.4 is 5.19 Å². The molecule has 0 bridgehead atoms. The van der Waals surface area contributed by atoms with Crippen LogP contribution in [0.3, 0.4) is 0 Å². The molecule has 9 rings (SSSR count). The summed E-state index contributed by atoms with van der Waals surface area (Å²) in [5.41, 5.74) is 4.69. The Labute approximate surface area is 433 Å². The molecule has 74 heavy (non-hydrogen) atoms. The van der Waals surface area contributed by atoms with Crippen LogP contribution in [0.4, 0.5) is 43.9 Å². The van der Waals surface area contributed by atoms with Gasteiger partial charge in [-0.05, 0) is 0 Å². The summed E-state index contributed by atoms with van der Waals surface area (Å²) in [5, 5.41) is -2.28. The molecule has 0 fully saturated rings. The Bertz CT molecular complexity index is 3530. The van der Waals surface area contributed by atoms with Crippen LogP contribution in [0.1, 0.15) is 85.8 Å². The van der Waals surface area contributed by atoms with Gasteiger partial charge in [0, 0.05) is 0 Å². The number of rotatable bonds is 12. The van der Waals surface area contributed by atoms with Crippen LogP contribution >= 0.6 is 0 Å². The summed E-state index contributed by atoms with van der Waals surface area (Å²) in [6.45, 7) is 16.7. The molecular formula is C61H48BF10SiZr. The molecule has 0 saturated heterocycles. The summed E-state index contributed by atoms with van der Waals surface area (Å²) in [6.07, 6.45) is 5.05. The number of hydrogen-bond donors (Lipinski definition) is 0. The Morgan fingerprint density at radius 2 is 1.03 bits per heavy atom. The van der Waals surface area contributed by atoms with Gasteiger partial charge in [-0.1, -0.05) is 0 Å². The van der Waals surface area contributed by atoms with Crippen molar-refractivity contribution in [3.05, 3.63) is 239 Å². The van der Waals surface area contributed by atoms with Crippen LogP contribution in [-0.4, -0.2) is 17.0 Å². The Balaban J connectivity index is 1.47. The van der Waals surface area contributed by atoms with Gasteiger partial charge in [0.25, 0.3) is 0 Å². The average Bonchev–Trinajstić information content (AvgIpc) is 3.95. The van der Waals surface area contributed by atoms with E-state index in [2.05, 4.69) is 95.4 Å². The zero-order chi connectivity index (χ0) is 53.1. The van der Waals surface area contributed by atoms with Crippen molar-refractivity contribution < 1.29 is 64.8 Å². The van der Waals surface area contributed by atoms with Crippen LogP contribution in [-0.2, 0) is 20.9 Å². The van der Waals surface area contributed by atoms with Gasteiger partial charge in [0.05, 0.1) is 0 Å². The Morgan fingerprint density at radius 3 is 1.55 bits per heavy atom. The van der Waals surface area contributed by atoms with Gasteiger partial charge < -0.3 is 0 Å². The molecule has 0 N–H and O–H groups in total. The van der Waals surface area contributed by atoms with E-state index < -0.39 is 106 Å². The molecule has 0 nitrogen and oxygen atoms in total. The molecule has 7 aromatic rings. The second-order valence-electron chi connectivity index (χ2n) is 18.8. The van der Waals surface area contributed by atoms with E-state index in [1.165, 1.54) is 50.8 Å². The molecule has 2 aliphatic carbocycles. The van der Waals surface area contributed by atoms with E-state index in [0.717, 1.165) is 39.4 Å². The molecule has 7 aromatic carbocycles. The van der Waals surface area contributed by atoms with E-state index in [1.54, 1.807) is 13.0 Å². The third-order valence-electron chi connectivity index (χ3n) is 15.0. The summed E-state index contributed by atoms with van der Waals surface area (Å²) in [7, 11) is 0. The SMILES string of the molecule is CC=C(C)C(C)=[C](C)[Zr]([CH]1C(CC)=Cc2c(-c3ccccc3)cccc21)[Si](C)(/B=C1/C(CC)=C(c2c(F)c(F)c(F)c(F)c2F)c2c1ccc(-c1c(F)c(F)c(F)c(F)c1F)c2-c1ccccc1)c1ccccc1. The molecule has 2 atom stereocenters. The number of hydrogen-bond acceptors (Lipinski definition) is 0. The van der Waals surface area contributed by atoms with Gasteiger partial charge in [0.2, 0.25) is 0 Å². The van der Waals surface area contributed by atoms with Gasteiger partial charge in [0.15, 0.2) is 0 Å². The molecular weight excluding hydrogens is 1050 g/mol. The summed E-state index contributed by atoms with van der Waals surface area (Å²) in [6, 6.07) is 36.8. The van der Waals surface area contributed by atoms with Gasteiger partial charge >= 0.3 is 436 Å². The molecule has 0 aliphatic heterocycles. The van der Waals surface area contributed by atoms with Crippen molar-refractivity contribution in [2.24, 2.45) is 0 Å². The molecule has 373 valence electrons. The van der Waals surface area contributed by atoms with Crippen LogP contribution in [0.5, 0.6) is 0 Å². The minimum atomic E-state index is -3.58. The Kier molecular flexibility index (Phi) is 14.9. The quantitative estimate of drug-likeness (QED) is 0.0376. The third-order valence-corrected chi connectivity index (χ3v) is 39.9. The predicted octanol–water partition coefficient (Wildman–Crippen LogP) is 16.9. The summed E-state index contributed by atoms with van der Waals surface area (Å²) in [4.78, 5) is 0. The maximum absolute atomic E-state index is 16.8. The maximum atomic E-state index is 16.8. The van der Waals surface area contributed by atoms with E-state index in [-0.39, 0.29) is 37.9 Å². The van der Waals surface area contributed by atoms with Crippen molar-refractivity contribution in [3.63, 3.8) is 0 Å². The number of allylic oxidation sites excluding steroid dienone is 6. The fourth-order valence-electron chi connectivity index (χ4n) is 11.1. The standard InChI is InChI=1S/C36H20BF10Si.C17H15.C8H13.Zr/c1-3-18-22(25-29(40)33(44)36(47)34(45)30(25)41)23-20(26(18)37-48(2)17-12-8-5-9-13-17)15-14-19(21(23)16-10-6-4-7-11-16)24-27(38)31(42)35(46)32(43)28(24)39;1-2-13-11-15-9-6-10-16(17(15)12-13)14-7-4-3-5-8-14;1-5-7(3)8(4)6-2;/h4-15H,3H2,1-2H3;3-12H,2H2,1H3;5H,1-4H3;. The molecule has 0 spiro atoms. The second kappa shape index (κ2) is 20.9. The summed E-state index contributed by atoms with van der Waals surface area (Å²) < 4.78 is 159. The molecule has 0 amide bonds. The van der Waals surface area contributed by atoms with E-state index in [9.17, 15) is 4.39 Å². The van der Waals surface area contributed by atoms with E-state index in [0.29, 0.717) is 5.46 Å². The summed E-state index contributed by atoms with van der Waals surface area (Å²) in [5.74, 6) is -22.4. The van der Waals surface area contributed by atoms with Crippen molar-refractivity contribution in [2.75, 3.05) is 0 Å². The Hall–Kier alpha value is -6.17. The molecule has 13 heteroatoms. The van der Waals surface area contributed by atoms with E-state index >= 15 is 39.5 Å². The first kappa shape index (κ1) is 52.7. The number of halogens is 10. The average molecular weight is 1100 g/mol. The number of fused-ring (bicyclic) bond motifs is 2. The second-order valence-corrected chi connectivity index (χ2v) is 38.2. The van der Waals surface area contributed by atoms with Crippen LogP contribution in [0.2, 0.25) is 6.55 Å². The van der Waals surface area contributed by atoms with E-state index in [4.69, 9.17) is 0 Å². The molecule has 2 unspecified atom stereocenters. The van der Waals surface area contributed by atoms with Gasteiger partial charge in [-0.2, -0.15) is 0 Å². The zero-order valence-corrected chi connectivity index (χ0v) is 45.0. The van der Waals surface area contributed by atoms with Gasteiger partial charge in [0.1, 0.15) is 0 Å². The van der Waals surface area contributed by atoms with Crippen LogP contribution in [0.25, 0.3) is 45.0 Å². The van der Waals surface area contributed by atoms with Gasteiger partial charge in [-0.15, -0.1) is 0 Å². The van der Waals surface area contributed by atoms with E-state index in [1.807, 2.05) is 43.3 Å². The Morgan fingerprint density at radius 1 is 0.527 bits per heavy atom. The monoisotopic (exact) mass is 1100 g/mol. The minimum absolute atomic E-state index is 0.0459. The topological polar surface area (TPSA) is 0 Å². The first-order valence-electron chi connectivity index (χ1n) is 24.3. The predicted molar refractivity (Wildman–Crippen MR) is 278 cm³/mol. The van der Waals surface area contributed by atoms with Crippen molar-refractivity contribution in [1.29, 1.82) is 0 Å². The molecule has 2 aliphatic rings. The fraction of sp³-hybridized carbons (Fsp3) is 0.164. The molecule has 0 heterocycles. The molecule has 0 saturated carbocycles. The van der Waals surface area contributed by atoms with Crippen molar-refractivity contribution >= 4 is 33.9 Å². The normalized spacial score (nSPS) is 16.0. The number of benzene rings is 7.